The minimum atomic E-state index is -0.0135. The zero-order valence-corrected chi connectivity index (χ0v) is 18.7. The van der Waals surface area contributed by atoms with Crippen LogP contribution in [0.2, 0.25) is 0 Å². The summed E-state index contributed by atoms with van der Waals surface area (Å²) in [6, 6.07) is 8.63. The van der Waals surface area contributed by atoms with Crippen molar-refractivity contribution in [3.05, 3.63) is 41.6 Å². The summed E-state index contributed by atoms with van der Waals surface area (Å²) in [5.74, 6) is 1.71. The lowest BCUT2D eigenvalue weighted by Gasteiger charge is -2.26. The van der Waals surface area contributed by atoms with Crippen molar-refractivity contribution in [1.29, 1.82) is 0 Å². The summed E-state index contributed by atoms with van der Waals surface area (Å²) in [6.45, 7) is 6.35. The molecule has 4 rings (SSSR count). The first-order valence-electron chi connectivity index (χ1n) is 11.0. The van der Waals surface area contributed by atoms with Crippen molar-refractivity contribution in [2.45, 2.75) is 70.6 Å². The molecule has 1 atom stereocenters. The van der Waals surface area contributed by atoms with E-state index < -0.39 is 0 Å². The highest BCUT2D eigenvalue weighted by Crippen LogP contribution is 2.28. The van der Waals surface area contributed by atoms with Crippen LogP contribution in [0, 0.1) is 0 Å². The molecule has 0 bridgehead atoms. The van der Waals surface area contributed by atoms with Crippen LogP contribution in [0.5, 0.6) is 11.8 Å². The van der Waals surface area contributed by atoms with Gasteiger partial charge in [-0.05, 0) is 56.2 Å². The lowest BCUT2D eigenvalue weighted by Crippen LogP contribution is -2.32. The molecule has 0 aliphatic heterocycles. The Morgan fingerprint density at radius 2 is 1.90 bits per heavy atom. The van der Waals surface area contributed by atoms with E-state index in [9.17, 15) is 0 Å². The Kier molecular flexibility index (Phi) is 6.27. The number of nitrogens with zero attached hydrogens (tertiary/aromatic N) is 4. The van der Waals surface area contributed by atoms with Gasteiger partial charge in [-0.15, -0.1) is 0 Å². The smallest absolute Gasteiger partial charge is 0.322 e. The number of nitrogens with two attached hydrogens (primary N) is 1. The van der Waals surface area contributed by atoms with Gasteiger partial charge in [0.25, 0.3) is 0 Å². The molecule has 3 N–H and O–H groups in total. The first kappa shape index (κ1) is 21.4. The molecule has 1 aromatic carbocycles. The van der Waals surface area contributed by atoms with Gasteiger partial charge in [-0.2, -0.15) is 19.6 Å². The summed E-state index contributed by atoms with van der Waals surface area (Å²) in [5.41, 5.74) is 8.97. The summed E-state index contributed by atoms with van der Waals surface area (Å²) < 4.78 is 13.3. The number of benzene rings is 1. The van der Waals surface area contributed by atoms with E-state index in [0.717, 1.165) is 48.2 Å². The predicted octanol–water partition coefficient (Wildman–Crippen LogP) is 4.08. The van der Waals surface area contributed by atoms with Crippen molar-refractivity contribution in [3.63, 3.8) is 0 Å². The van der Waals surface area contributed by atoms with Crippen molar-refractivity contribution in [2.24, 2.45) is 5.73 Å². The Morgan fingerprint density at radius 3 is 2.61 bits per heavy atom. The van der Waals surface area contributed by atoms with Crippen LogP contribution in [-0.2, 0) is 0 Å². The minimum absolute atomic E-state index is 0.0135. The third-order valence-corrected chi connectivity index (χ3v) is 5.93. The van der Waals surface area contributed by atoms with Crippen LogP contribution in [0.4, 0.5) is 5.95 Å². The van der Waals surface area contributed by atoms with Crippen LogP contribution in [0.1, 0.15) is 69.5 Å². The quantitative estimate of drug-likeness (QED) is 0.589. The van der Waals surface area contributed by atoms with E-state index >= 15 is 0 Å². The number of hydrogen-bond donors (Lipinski definition) is 2. The van der Waals surface area contributed by atoms with E-state index in [2.05, 4.69) is 42.2 Å². The molecule has 2 heterocycles. The van der Waals surface area contributed by atoms with Crippen LogP contribution in [0.3, 0.4) is 0 Å². The third-order valence-electron chi connectivity index (χ3n) is 5.93. The number of ether oxygens (including phenoxy) is 2. The fraction of sp³-hybridized carbons (Fsp3) is 0.522. The second-order valence-electron chi connectivity index (χ2n) is 8.62. The Labute approximate surface area is 183 Å². The number of hydrogen-bond acceptors (Lipinski definition) is 7. The van der Waals surface area contributed by atoms with Gasteiger partial charge in [-0.3, -0.25) is 0 Å². The first-order chi connectivity index (χ1) is 14.9. The zero-order chi connectivity index (χ0) is 22.0. The molecule has 1 unspecified atom stereocenters. The number of aromatic nitrogens is 4. The van der Waals surface area contributed by atoms with E-state index in [1.807, 2.05) is 24.4 Å². The summed E-state index contributed by atoms with van der Waals surface area (Å²) in [5, 5.41) is 8.03. The van der Waals surface area contributed by atoms with Crippen molar-refractivity contribution in [3.8, 4) is 11.8 Å². The molecule has 1 saturated carbocycles. The van der Waals surface area contributed by atoms with E-state index in [1.165, 1.54) is 0 Å². The Morgan fingerprint density at radius 1 is 1.13 bits per heavy atom. The van der Waals surface area contributed by atoms with Gasteiger partial charge in [0.2, 0.25) is 5.95 Å². The van der Waals surface area contributed by atoms with Gasteiger partial charge in [-0.1, -0.05) is 26.0 Å². The van der Waals surface area contributed by atoms with Gasteiger partial charge in [0.1, 0.15) is 11.9 Å². The molecule has 31 heavy (non-hydrogen) atoms. The monoisotopic (exact) mass is 424 g/mol. The topological polar surface area (TPSA) is 99.6 Å². The molecule has 2 aromatic heterocycles. The summed E-state index contributed by atoms with van der Waals surface area (Å²) in [7, 11) is 1.67. The van der Waals surface area contributed by atoms with Gasteiger partial charge in [-0.25, -0.2) is 0 Å². The molecule has 166 valence electrons. The predicted molar refractivity (Wildman–Crippen MR) is 121 cm³/mol. The first-order valence-corrected chi connectivity index (χ1v) is 11.0. The normalized spacial score (nSPS) is 20.1. The van der Waals surface area contributed by atoms with Crippen LogP contribution in [0.15, 0.2) is 30.5 Å². The molecule has 0 saturated heterocycles. The number of nitrogens with one attached hydrogen (secondary N) is 1. The molecule has 3 aromatic rings. The highest BCUT2D eigenvalue weighted by Gasteiger charge is 2.23. The molecule has 8 heteroatoms. The van der Waals surface area contributed by atoms with Gasteiger partial charge in [0.15, 0.2) is 5.65 Å². The molecule has 0 radical (unpaired) electrons. The van der Waals surface area contributed by atoms with Crippen LogP contribution < -0.4 is 20.5 Å². The van der Waals surface area contributed by atoms with Crippen molar-refractivity contribution in [2.75, 3.05) is 12.4 Å². The molecular weight excluding hydrogens is 392 g/mol. The molecule has 1 aliphatic rings. The number of methoxy groups -OCH3 is 1. The highest BCUT2D eigenvalue weighted by atomic mass is 16.5. The Bertz CT molecular complexity index is 1030. The van der Waals surface area contributed by atoms with E-state index in [4.69, 9.17) is 20.2 Å². The minimum Gasteiger partial charge on any atom is -0.497 e. The van der Waals surface area contributed by atoms with Crippen LogP contribution in [0.25, 0.3) is 5.65 Å². The van der Waals surface area contributed by atoms with Gasteiger partial charge in [0.05, 0.1) is 19.3 Å². The van der Waals surface area contributed by atoms with E-state index in [1.54, 1.807) is 11.6 Å². The largest absolute Gasteiger partial charge is 0.497 e. The lowest BCUT2D eigenvalue weighted by atomic mass is 9.94. The number of fused-ring (bicyclic) bond motifs is 1. The fourth-order valence-corrected chi connectivity index (χ4v) is 3.97. The van der Waals surface area contributed by atoms with E-state index in [0.29, 0.717) is 12.0 Å². The number of anilines is 1. The van der Waals surface area contributed by atoms with Gasteiger partial charge >= 0.3 is 6.01 Å². The average molecular weight is 425 g/mol. The molecule has 1 fully saturated rings. The van der Waals surface area contributed by atoms with Gasteiger partial charge < -0.3 is 20.5 Å². The second kappa shape index (κ2) is 9.09. The standard InChI is InChI=1S/C23H32N6O2/c1-14(2)20-13-25-29-21(20)27-23(31-18-10-8-17(24)9-11-18)28-22(29)26-15(3)16-6-5-7-19(12-16)30-4/h5-7,12-15,17-18H,8-11,24H2,1-4H3,(H,26,27,28). The molecule has 1 aliphatic carbocycles. The van der Waals surface area contributed by atoms with Crippen molar-refractivity contribution in [1.82, 2.24) is 19.6 Å². The maximum Gasteiger partial charge on any atom is 0.322 e. The number of rotatable bonds is 7. The maximum absolute atomic E-state index is 6.20. The SMILES string of the molecule is COc1cccc(C(C)Nc2nc(OC3CCC(N)CC3)nc3c(C(C)C)cnn23)c1. The van der Waals surface area contributed by atoms with Crippen LogP contribution in [-0.4, -0.2) is 38.8 Å². The van der Waals surface area contributed by atoms with E-state index in [-0.39, 0.29) is 24.1 Å². The summed E-state index contributed by atoms with van der Waals surface area (Å²) in [4.78, 5) is 9.40. The second-order valence-corrected chi connectivity index (χ2v) is 8.62. The van der Waals surface area contributed by atoms with Crippen molar-refractivity contribution < 1.29 is 9.47 Å². The van der Waals surface area contributed by atoms with Crippen molar-refractivity contribution >= 4 is 11.6 Å². The van der Waals surface area contributed by atoms with Crippen LogP contribution >= 0.6 is 0 Å². The Balaban J connectivity index is 1.65. The Hall–Kier alpha value is -2.87. The zero-order valence-electron chi connectivity index (χ0n) is 18.7. The average Bonchev–Trinajstić information content (AvgIpc) is 3.20. The highest BCUT2D eigenvalue weighted by molar-refractivity contribution is 5.53. The summed E-state index contributed by atoms with van der Waals surface area (Å²) in [6.07, 6.45) is 5.74. The lowest BCUT2D eigenvalue weighted by molar-refractivity contribution is 0.135. The molecular formula is C23H32N6O2. The molecule has 0 spiro atoms. The fourth-order valence-electron chi connectivity index (χ4n) is 3.97. The molecule has 8 nitrogen and oxygen atoms in total. The molecule has 0 amide bonds. The summed E-state index contributed by atoms with van der Waals surface area (Å²) >= 11 is 0. The third kappa shape index (κ3) is 4.74. The van der Waals surface area contributed by atoms with Gasteiger partial charge in [0, 0.05) is 11.6 Å². The maximum atomic E-state index is 6.20.